The van der Waals surface area contributed by atoms with Crippen LogP contribution in [0.1, 0.15) is 5.56 Å². The van der Waals surface area contributed by atoms with E-state index in [1.165, 1.54) is 6.07 Å². The van der Waals surface area contributed by atoms with Crippen LogP contribution in [0.15, 0.2) is 30.3 Å². The molecule has 0 amide bonds. The van der Waals surface area contributed by atoms with Gasteiger partial charge in [-0.15, -0.1) is 0 Å². The van der Waals surface area contributed by atoms with Crippen molar-refractivity contribution >= 4 is 40.3 Å². The van der Waals surface area contributed by atoms with E-state index in [0.29, 0.717) is 28.5 Å². The van der Waals surface area contributed by atoms with Gasteiger partial charge in [-0.2, -0.15) is 0 Å². The second kappa shape index (κ2) is 6.09. The summed E-state index contributed by atoms with van der Waals surface area (Å²) >= 11 is 11.8. The first-order chi connectivity index (χ1) is 9.51. The first-order valence-electron chi connectivity index (χ1n) is 5.78. The molecule has 0 spiro atoms. The molecule has 0 saturated heterocycles. The Labute approximate surface area is 126 Å². The van der Waals surface area contributed by atoms with Crippen molar-refractivity contribution in [3.8, 4) is 5.75 Å². The molecule has 0 heterocycles. The molecule has 0 aliphatic carbocycles. The molecule has 7 heteroatoms. The second-order valence-corrected chi connectivity index (χ2v) is 5.04. The standard InChI is InChI=1S/C13H14Cl2N4O/c14-8-3-7(13(20)10(15)4-8)6-18-9-1-2-12(19-17)11(16)5-9/h1-5,18-20H,6,16-17H2. The quantitative estimate of drug-likeness (QED) is 0.339. The normalized spacial score (nSPS) is 10.3. The third-order valence-electron chi connectivity index (χ3n) is 2.80. The predicted molar refractivity (Wildman–Crippen MR) is 84.1 cm³/mol. The summed E-state index contributed by atoms with van der Waals surface area (Å²) in [4.78, 5) is 0. The van der Waals surface area contributed by atoms with E-state index >= 15 is 0 Å². The number of nitrogens with two attached hydrogens (primary N) is 2. The molecule has 2 aromatic rings. The molecule has 0 saturated carbocycles. The maximum Gasteiger partial charge on any atom is 0.139 e. The fourth-order valence-electron chi connectivity index (χ4n) is 1.76. The summed E-state index contributed by atoms with van der Waals surface area (Å²) in [6.45, 7) is 0.362. The van der Waals surface area contributed by atoms with Crippen LogP contribution in [0, 0.1) is 0 Å². The Balaban J connectivity index is 2.15. The van der Waals surface area contributed by atoms with Gasteiger partial charge in [0, 0.05) is 22.8 Å². The summed E-state index contributed by atoms with van der Waals surface area (Å²) in [6, 6.07) is 8.44. The van der Waals surface area contributed by atoms with E-state index in [-0.39, 0.29) is 10.8 Å². The van der Waals surface area contributed by atoms with Crippen molar-refractivity contribution in [2.75, 3.05) is 16.5 Å². The van der Waals surface area contributed by atoms with Crippen LogP contribution in [0.5, 0.6) is 5.75 Å². The zero-order valence-corrected chi connectivity index (χ0v) is 12.0. The number of hydrazine groups is 1. The van der Waals surface area contributed by atoms with Crippen molar-refractivity contribution < 1.29 is 5.11 Å². The summed E-state index contributed by atoms with van der Waals surface area (Å²) in [5, 5.41) is 13.7. The van der Waals surface area contributed by atoms with Crippen LogP contribution < -0.4 is 22.3 Å². The Morgan fingerprint density at radius 3 is 2.55 bits per heavy atom. The largest absolute Gasteiger partial charge is 0.506 e. The fourth-order valence-corrected chi connectivity index (χ4v) is 2.29. The van der Waals surface area contributed by atoms with E-state index in [1.54, 1.807) is 18.2 Å². The average molecular weight is 313 g/mol. The van der Waals surface area contributed by atoms with Gasteiger partial charge < -0.3 is 21.6 Å². The SMILES string of the molecule is NNc1ccc(NCc2cc(Cl)cc(Cl)c2O)cc1N. The second-order valence-electron chi connectivity index (χ2n) is 4.20. The summed E-state index contributed by atoms with van der Waals surface area (Å²) < 4.78 is 0. The monoisotopic (exact) mass is 312 g/mol. The molecule has 0 bridgehead atoms. The predicted octanol–water partition coefficient (Wildman–Crippen LogP) is 3.18. The van der Waals surface area contributed by atoms with Crippen LogP contribution in [0.4, 0.5) is 17.1 Å². The topological polar surface area (TPSA) is 96.3 Å². The number of nitrogen functional groups attached to an aromatic ring is 2. The number of phenols is 1. The van der Waals surface area contributed by atoms with Gasteiger partial charge in [0.2, 0.25) is 0 Å². The number of aromatic hydroxyl groups is 1. The highest BCUT2D eigenvalue weighted by atomic mass is 35.5. The van der Waals surface area contributed by atoms with Gasteiger partial charge in [0.15, 0.2) is 0 Å². The van der Waals surface area contributed by atoms with E-state index in [2.05, 4.69) is 10.7 Å². The lowest BCUT2D eigenvalue weighted by atomic mass is 10.2. The van der Waals surface area contributed by atoms with E-state index in [4.69, 9.17) is 34.8 Å². The number of halogens is 2. The molecular formula is C13H14Cl2N4O. The molecule has 2 rings (SSSR count). The minimum Gasteiger partial charge on any atom is -0.506 e. The number of hydrogen-bond donors (Lipinski definition) is 5. The third-order valence-corrected chi connectivity index (χ3v) is 3.30. The zero-order chi connectivity index (χ0) is 14.7. The lowest BCUT2D eigenvalue weighted by Crippen LogP contribution is -2.09. The van der Waals surface area contributed by atoms with Crippen LogP contribution in [-0.2, 0) is 6.54 Å². The minimum atomic E-state index is 0.0109. The molecule has 0 atom stereocenters. The first-order valence-corrected chi connectivity index (χ1v) is 6.53. The molecule has 0 radical (unpaired) electrons. The molecular weight excluding hydrogens is 299 g/mol. The maximum absolute atomic E-state index is 9.85. The average Bonchev–Trinajstić information content (AvgIpc) is 2.41. The van der Waals surface area contributed by atoms with Crippen molar-refractivity contribution in [3.05, 3.63) is 45.9 Å². The fraction of sp³-hybridized carbons (Fsp3) is 0.0769. The van der Waals surface area contributed by atoms with E-state index in [0.717, 1.165) is 5.69 Å². The van der Waals surface area contributed by atoms with Crippen LogP contribution in [0.3, 0.4) is 0 Å². The highest BCUT2D eigenvalue weighted by molar-refractivity contribution is 6.35. The summed E-state index contributed by atoms with van der Waals surface area (Å²) in [6.07, 6.45) is 0. The zero-order valence-electron chi connectivity index (χ0n) is 10.5. The highest BCUT2D eigenvalue weighted by Gasteiger charge is 2.08. The van der Waals surface area contributed by atoms with Crippen molar-refractivity contribution in [2.45, 2.75) is 6.54 Å². The lowest BCUT2D eigenvalue weighted by Gasteiger charge is -2.12. The maximum atomic E-state index is 9.85. The number of nitrogens with one attached hydrogen (secondary N) is 2. The number of benzene rings is 2. The number of phenolic OH excluding ortho intramolecular Hbond substituents is 1. The molecule has 0 unspecified atom stereocenters. The third kappa shape index (κ3) is 3.19. The van der Waals surface area contributed by atoms with Gasteiger partial charge >= 0.3 is 0 Å². The van der Waals surface area contributed by atoms with Gasteiger partial charge in [-0.3, -0.25) is 5.84 Å². The molecule has 0 aromatic heterocycles. The summed E-state index contributed by atoms with van der Waals surface area (Å²) in [7, 11) is 0. The Bertz CT molecular complexity index is 634. The van der Waals surface area contributed by atoms with Gasteiger partial charge in [-0.1, -0.05) is 23.2 Å². The van der Waals surface area contributed by atoms with Gasteiger partial charge in [-0.05, 0) is 30.3 Å². The van der Waals surface area contributed by atoms with Gasteiger partial charge in [-0.25, -0.2) is 0 Å². The molecule has 0 aliphatic rings. The Hall–Kier alpha value is -1.82. The number of rotatable bonds is 4. The van der Waals surface area contributed by atoms with Crippen LogP contribution in [0.2, 0.25) is 10.0 Å². The summed E-state index contributed by atoms with van der Waals surface area (Å²) in [5.74, 6) is 5.32. The van der Waals surface area contributed by atoms with E-state index in [1.807, 2.05) is 6.07 Å². The Kier molecular flexibility index (Phi) is 4.44. The molecule has 20 heavy (non-hydrogen) atoms. The smallest absolute Gasteiger partial charge is 0.139 e. The van der Waals surface area contributed by atoms with Crippen molar-refractivity contribution in [1.29, 1.82) is 0 Å². The molecule has 0 fully saturated rings. The van der Waals surface area contributed by atoms with E-state index in [9.17, 15) is 5.11 Å². The number of hydrogen-bond acceptors (Lipinski definition) is 5. The molecule has 106 valence electrons. The van der Waals surface area contributed by atoms with Crippen LogP contribution in [0.25, 0.3) is 0 Å². The minimum absolute atomic E-state index is 0.0109. The van der Waals surface area contributed by atoms with Gasteiger partial charge in [0.1, 0.15) is 5.75 Å². The first kappa shape index (κ1) is 14.6. The highest BCUT2D eigenvalue weighted by Crippen LogP contribution is 2.32. The Morgan fingerprint density at radius 2 is 1.90 bits per heavy atom. The van der Waals surface area contributed by atoms with Gasteiger partial charge in [0.05, 0.1) is 16.4 Å². The van der Waals surface area contributed by atoms with Crippen molar-refractivity contribution in [1.82, 2.24) is 0 Å². The van der Waals surface area contributed by atoms with Crippen molar-refractivity contribution in [3.63, 3.8) is 0 Å². The lowest BCUT2D eigenvalue weighted by molar-refractivity contribution is 0.469. The van der Waals surface area contributed by atoms with Crippen molar-refractivity contribution in [2.24, 2.45) is 5.84 Å². The molecule has 2 aromatic carbocycles. The van der Waals surface area contributed by atoms with Crippen LogP contribution >= 0.6 is 23.2 Å². The molecule has 7 N–H and O–H groups in total. The van der Waals surface area contributed by atoms with E-state index < -0.39 is 0 Å². The van der Waals surface area contributed by atoms with Gasteiger partial charge in [0.25, 0.3) is 0 Å². The Morgan fingerprint density at radius 1 is 1.15 bits per heavy atom. The molecule has 5 nitrogen and oxygen atoms in total. The van der Waals surface area contributed by atoms with Crippen LogP contribution in [-0.4, -0.2) is 5.11 Å². The summed E-state index contributed by atoms with van der Waals surface area (Å²) in [5.41, 5.74) is 10.8. The molecule has 0 aliphatic heterocycles. The number of anilines is 3.